The number of rotatable bonds is 4. The average Bonchev–Trinajstić information content (AvgIpc) is 2.87. The van der Waals surface area contributed by atoms with Gasteiger partial charge in [-0.1, -0.05) is 41.4 Å². The van der Waals surface area contributed by atoms with Crippen molar-refractivity contribution in [3.05, 3.63) is 56.2 Å². The highest BCUT2D eigenvalue weighted by atomic mass is 35.5. The van der Waals surface area contributed by atoms with Crippen LogP contribution in [0.4, 0.5) is 0 Å². The minimum absolute atomic E-state index is 0.0679. The molecular formula is C13H11Cl2NOS. The molecule has 2 aromatic rings. The van der Waals surface area contributed by atoms with E-state index in [4.69, 9.17) is 28.9 Å². The molecule has 1 aromatic heterocycles. The van der Waals surface area contributed by atoms with Gasteiger partial charge >= 0.3 is 0 Å². The molecule has 0 fully saturated rings. The summed E-state index contributed by atoms with van der Waals surface area (Å²) in [6, 6.07) is 8.38. The Hall–Kier alpha value is -0.870. The summed E-state index contributed by atoms with van der Waals surface area (Å²) in [7, 11) is 0. The van der Waals surface area contributed by atoms with Crippen LogP contribution in [0, 0.1) is 0 Å². The molecule has 0 spiro atoms. The lowest BCUT2D eigenvalue weighted by Crippen LogP contribution is -2.22. The van der Waals surface area contributed by atoms with Gasteiger partial charge in [0.05, 0.1) is 16.1 Å². The maximum atomic E-state index is 12.1. The van der Waals surface area contributed by atoms with Crippen molar-refractivity contribution in [2.24, 2.45) is 5.73 Å². The summed E-state index contributed by atoms with van der Waals surface area (Å²) in [5, 5.41) is 2.77. The highest BCUT2D eigenvalue weighted by molar-refractivity contribution is 7.10. The van der Waals surface area contributed by atoms with Crippen molar-refractivity contribution in [2.75, 3.05) is 0 Å². The molecule has 1 atom stereocenters. The van der Waals surface area contributed by atoms with E-state index in [1.54, 1.807) is 18.2 Å². The van der Waals surface area contributed by atoms with Crippen LogP contribution in [0.25, 0.3) is 0 Å². The van der Waals surface area contributed by atoms with Crippen molar-refractivity contribution in [3.8, 4) is 0 Å². The van der Waals surface area contributed by atoms with Gasteiger partial charge in [0.1, 0.15) is 0 Å². The molecule has 0 amide bonds. The third-order valence-electron chi connectivity index (χ3n) is 2.59. The van der Waals surface area contributed by atoms with Crippen LogP contribution in [0.1, 0.15) is 16.5 Å². The lowest BCUT2D eigenvalue weighted by atomic mass is 10.0. The number of carbonyl (C=O) groups excluding carboxylic acids is 1. The molecule has 94 valence electrons. The molecule has 0 aliphatic carbocycles. The molecule has 5 heteroatoms. The normalized spacial score (nSPS) is 12.4. The number of ketones is 1. The summed E-state index contributed by atoms with van der Waals surface area (Å²) >= 11 is 13.4. The number of nitrogens with two attached hydrogens (primary N) is 1. The first-order valence-electron chi connectivity index (χ1n) is 5.34. The molecule has 2 nitrogen and oxygen atoms in total. The first-order valence-corrected chi connectivity index (χ1v) is 6.97. The Morgan fingerprint density at radius 3 is 2.72 bits per heavy atom. The molecule has 0 aliphatic rings. The number of Topliss-reactive ketones (excluding diaryl/α,β-unsaturated/α-hetero) is 1. The van der Waals surface area contributed by atoms with E-state index in [2.05, 4.69) is 0 Å². The first kappa shape index (κ1) is 13.6. The molecule has 2 N–H and O–H groups in total. The summed E-state index contributed by atoms with van der Waals surface area (Å²) in [5.74, 6) is -0.0679. The third-order valence-corrected chi connectivity index (χ3v) is 4.41. The van der Waals surface area contributed by atoms with Crippen molar-refractivity contribution in [1.29, 1.82) is 0 Å². The van der Waals surface area contributed by atoms with Crippen LogP contribution in [-0.2, 0) is 11.2 Å². The lowest BCUT2D eigenvalue weighted by Gasteiger charge is -2.10. The topological polar surface area (TPSA) is 43.1 Å². The summed E-state index contributed by atoms with van der Waals surface area (Å²) in [5.41, 5.74) is 6.61. The second-order valence-electron chi connectivity index (χ2n) is 3.85. The highest BCUT2D eigenvalue weighted by Crippen LogP contribution is 2.27. The standard InChI is InChI=1S/C13H11Cl2NOS/c14-9-4-1-3-8(12(9)15)7-10(17)13(16)11-5-2-6-18-11/h1-6,13H,7,16H2. The van der Waals surface area contributed by atoms with Crippen molar-refractivity contribution in [3.63, 3.8) is 0 Å². The fraction of sp³-hybridized carbons (Fsp3) is 0.154. The Labute approximate surface area is 119 Å². The second-order valence-corrected chi connectivity index (χ2v) is 5.61. The van der Waals surface area contributed by atoms with Crippen molar-refractivity contribution in [1.82, 2.24) is 0 Å². The largest absolute Gasteiger partial charge is 0.317 e. The van der Waals surface area contributed by atoms with Crippen LogP contribution in [0.2, 0.25) is 10.0 Å². The molecule has 0 aliphatic heterocycles. The zero-order valence-electron chi connectivity index (χ0n) is 9.40. The van der Waals surface area contributed by atoms with Crippen LogP contribution in [0.3, 0.4) is 0 Å². The Morgan fingerprint density at radius 1 is 1.28 bits per heavy atom. The molecule has 0 saturated heterocycles. The molecule has 0 bridgehead atoms. The SMILES string of the molecule is NC(C(=O)Cc1cccc(Cl)c1Cl)c1cccs1. The molecular weight excluding hydrogens is 289 g/mol. The van der Waals surface area contributed by atoms with Gasteiger partial charge in [-0.05, 0) is 23.1 Å². The van der Waals surface area contributed by atoms with E-state index in [1.165, 1.54) is 11.3 Å². The fourth-order valence-electron chi connectivity index (χ4n) is 1.61. The first-order chi connectivity index (χ1) is 8.59. The summed E-state index contributed by atoms with van der Waals surface area (Å²) in [6.45, 7) is 0. The van der Waals surface area contributed by atoms with Gasteiger partial charge in [0.2, 0.25) is 0 Å². The van der Waals surface area contributed by atoms with Crippen molar-refractivity contribution >= 4 is 40.3 Å². The van der Waals surface area contributed by atoms with Gasteiger partial charge in [0.25, 0.3) is 0 Å². The summed E-state index contributed by atoms with van der Waals surface area (Å²) in [6.07, 6.45) is 0.193. The Kier molecular flexibility index (Phi) is 4.40. The zero-order valence-corrected chi connectivity index (χ0v) is 11.7. The predicted molar refractivity (Wildman–Crippen MR) is 76.4 cm³/mol. The quantitative estimate of drug-likeness (QED) is 0.931. The number of hydrogen-bond acceptors (Lipinski definition) is 3. The average molecular weight is 300 g/mol. The van der Waals surface area contributed by atoms with Gasteiger partial charge in [-0.2, -0.15) is 0 Å². The maximum Gasteiger partial charge on any atom is 0.159 e. The number of benzene rings is 1. The Morgan fingerprint density at radius 2 is 2.06 bits per heavy atom. The van der Waals surface area contributed by atoms with E-state index < -0.39 is 6.04 Å². The number of hydrogen-bond donors (Lipinski definition) is 1. The van der Waals surface area contributed by atoms with Gasteiger partial charge in [-0.15, -0.1) is 11.3 Å². The lowest BCUT2D eigenvalue weighted by molar-refractivity contribution is -0.119. The van der Waals surface area contributed by atoms with Crippen LogP contribution in [0.5, 0.6) is 0 Å². The minimum atomic E-state index is -0.597. The van der Waals surface area contributed by atoms with Crippen molar-refractivity contribution in [2.45, 2.75) is 12.5 Å². The minimum Gasteiger partial charge on any atom is -0.317 e. The Bertz CT molecular complexity index is 554. The number of halogens is 2. The van der Waals surface area contributed by atoms with Crippen molar-refractivity contribution < 1.29 is 4.79 Å². The van der Waals surface area contributed by atoms with E-state index in [9.17, 15) is 4.79 Å². The van der Waals surface area contributed by atoms with Gasteiger partial charge < -0.3 is 5.73 Å². The highest BCUT2D eigenvalue weighted by Gasteiger charge is 2.18. The van der Waals surface area contributed by atoms with E-state index >= 15 is 0 Å². The smallest absolute Gasteiger partial charge is 0.159 e. The van der Waals surface area contributed by atoms with Crippen LogP contribution in [0.15, 0.2) is 35.7 Å². The monoisotopic (exact) mass is 299 g/mol. The zero-order chi connectivity index (χ0) is 13.1. The third kappa shape index (κ3) is 2.93. The molecule has 18 heavy (non-hydrogen) atoms. The number of carbonyl (C=O) groups is 1. The van der Waals surface area contributed by atoms with E-state index in [0.717, 1.165) is 4.88 Å². The summed E-state index contributed by atoms with van der Waals surface area (Å²) < 4.78 is 0. The summed E-state index contributed by atoms with van der Waals surface area (Å²) in [4.78, 5) is 12.9. The van der Waals surface area contributed by atoms with Gasteiger partial charge in [-0.3, -0.25) is 4.79 Å². The van der Waals surface area contributed by atoms with Gasteiger partial charge in [-0.25, -0.2) is 0 Å². The van der Waals surface area contributed by atoms with E-state index in [0.29, 0.717) is 15.6 Å². The fourth-order valence-corrected chi connectivity index (χ4v) is 2.75. The molecule has 2 rings (SSSR count). The second kappa shape index (κ2) is 5.85. The van der Waals surface area contributed by atoms with E-state index in [1.807, 2.05) is 17.5 Å². The van der Waals surface area contributed by atoms with Crippen LogP contribution >= 0.6 is 34.5 Å². The molecule has 1 heterocycles. The molecule has 1 aromatic carbocycles. The van der Waals surface area contributed by atoms with Crippen LogP contribution in [-0.4, -0.2) is 5.78 Å². The maximum absolute atomic E-state index is 12.1. The number of thiophene rings is 1. The van der Waals surface area contributed by atoms with Gasteiger partial charge in [0, 0.05) is 11.3 Å². The molecule has 0 saturated carbocycles. The Balaban J connectivity index is 2.14. The predicted octanol–water partition coefficient (Wildman–Crippen LogP) is 3.87. The van der Waals surface area contributed by atoms with E-state index in [-0.39, 0.29) is 12.2 Å². The van der Waals surface area contributed by atoms with Gasteiger partial charge in [0.15, 0.2) is 5.78 Å². The molecule has 1 unspecified atom stereocenters. The van der Waals surface area contributed by atoms with Crippen LogP contribution < -0.4 is 5.73 Å². The molecule has 0 radical (unpaired) electrons.